The SMILES string of the molecule is COC(=O)C=C1CC[C@@H](C(=O)OC)N1. The summed E-state index contributed by atoms with van der Waals surface area (Å²) in [5, 5.41) is 2.89. The van der Waals surface area contributed by atoms with E-state index in [1.807, 2.05) is 0 Å². The summed E-state index contributed by atoms with van der Waals surface area (Å²) in [4.78, 5) is 21.9. The molecule has 0 aromatic rings. The number of allylic oxidation sites excluding steroid dienone is 1. The molecule has 5 nitrogen and oxygen atoms in total. The summed E-state index contributed by atoms with van der Waals surface area (Å²) >= 11 is 0. The van der Waals surface area contributed by atoms with Crippen molar-refractivity contribution in [2.24, 2.45) is 0 Å². The van der Waals surface area contributed by atoms with Crippen LogP contribution in [0.5, 0.6) is 0 Å². The van der Waals surface area contributed by atoms with Crippen LogP contribution >= 0.6 is 0 Å². The van der Waals surface area contributed by atoms with Gasteiger partial charge in [0.1, 0.15) is 6.04 Å². The van der Waals surface area contributed by atoms with E-state index in [9.17, 15) is 9.59 Å². The predicted octanol–water partition coefficient (Wildman–Crippen LogP) is -0.0317. The molecule has 0 spiro atoms. The molecule has 0 aromatic heterocycles. The van der Waals surface area contributed by atoms with Gasteiger partial charge in [-0.05, 0) is 12.8 Å². The monoisotopic (exact) mass is 199 g/mol. The van der Waals surface area contributed by atoms with E-state index in [1.54, 1.807) is 0 Å². The van der Waals surface area contributed by atoms with Crippen LogP contribution in [0.1, 0.15) is 12.8 Å². The molecule has 1 rings (SSSR count). The molecule has 1 aliphatic rings. The van der Waals surface area contributed by atoms with Gasteiger partial charge in [-0.1, -0.05) is 0 Å². The van der Waals surface area contributed by atoms with Gasteiger partial charge in [0.15, 0.2) is 0 Å². The molecule has 0 aromatic carbocycles. The molecule has 0 saturated carbocycles. The Kier molecular flexibility index (Phi) is 3.50. The first-order valence-corrected chi connectivity index (χ1v) is 4.30. The van der Waals surface area contributed by atoms with Crippen molar-refractivity contribution in [3.63, 3.8) is 0 Å². The molecule has 0 amide bonds. The van der Waals surface area contributed by atoms with E-state index in [0.29, 0.717) is 18.5 Å². The molecule has 0 aliphatic carbocycles. The Morgan fingerprint density at radius 2 is 2.14 bits per heavy atom. The second-order valence-electron chi connectivity index (χ2n) is 2.95. The molecular formula is C9H13NO4. The number of esters is 2. The number of rotatable bonds is 2. The van der Waals surface area contributed by atoms with Crippen LogP contribution in [-0.2, 0) is 19.1 Å². The smallest absolute Gasteiger partial charge is 0.332 e. The van der Waals surface area contributed by atoms with Crippen LogP contribution in [0, 0.1) is 0 Å². The number of nitrogens with one attached hydrogen (secondary N) is 1. The fourth-order valence-corrected chi connectivity index (χ4v) is 1.30. The van der Waals surface area contributed by atoms with Gasteiger partial charge in [-0.3, -0.25) is 0 Å². The highest BCUT2D eigenvalue weighted by Gasteiger charge is 2.25. The lowest BCUT2D eigenvalue weighted by atomic mass is 10.2. The van der Waals surface area contributed by atoms with Crippen LogP contribution in [0.15, 0.2) is 11.8 Å². The molecule has 1 N–H and O–H groups in total. The van der Waals surface area contributed by atoms with Gasteiger partial charge in [-0.15, -0.1) is 0 Å². The molecule has 14 heavy (non-hydrogen) atoms. The molecule has 5 heteroatoms. The number of ether oxygens (including phenoxy) is 2. The standard InChI is InChI=1S/C9H13NO4/c1-13-8(11)5-6-3-4-7(10-6)9(12)14-2/h5,7,10H,3-4H2,1-2H3/t7-/m0/s1. The minimum atomic E-state index is -0.419. The van der Waals surface area contributed by atoms with E-state index in [1.165, 1.54) is 20.3 Å². The Balaban J connectivity index is 2.53. The summed E-state index contributed by atoms with van der Waals surface area (Å²) in [6.45, 7) is 0. The van der Waals surface area contributed by atoms with Crippen LogP contribution < -0.4 is 5.32 Å². The number of carbonyl (C=O) groups excluding carboxylic acids is 2. The van der Waals surface area contributed by atoms with Crippen molar-refractivity contribution in [3.05, 3.63) is 11.8 Å². The molecule has 1 saturated heterocycles. The highest BCUT2D eigenvalue weighted by atomic mass is 16.5. The molecule has 1 aliphatic heterocycles. The summed E-state index contributed by atoms with van der Waals surface area (Å²) < 4.78 is 9.03. The lowest BCUT2D eigenvalue weighted by molar-refractivity contribution is -0.142. The van der Waals surface area contributed by atoms with Gasteiger partial charge in [0, 0.05) is 11.8 Å². The third-order valence-corrected chi connectivity index (χ3v) is 2.04. The van der Waals surface area contributed by atoms with E-state index in [-0.39, 0.29) is 12.0 Å². The maximum Gasteiger partial charge on any atom is 0.332 e. The van der Waals surface area contributed by atoms with Crippen molar-refractivity contribution in [2.45, 2.75) is 18.9 Å². The lowest BCUT2D eigenvalue weighted by Crippen LogP contribution is -2.31. The first kappa shape index (κ1) is 10.6. The summed E-state index contributed by atoms with van der Waals surface area (Å²) in [5.74, 6) is -0.726. The molecule has 0 bridgehead atoms. The first-order valence-electron chi connectivity index (χ1n) is 4.30. The summed E-state index contributed by atoms with van der Waals surface area (Å²) in [5.41, 5.74) is 0.715. The molecule has 78 valence electrons. The van der Waals surface area contributed by atoms with Gasteiger partial charge >= 0.3 is 11.9 Å². The Bertz CT molecular complexity index is 272. The van der Waals surface area contributed by atoms with Crippen molar-refractivity contribution in [3.8, 4) is 0 Å². The van der Waals surface area contributed by atoms with Crippen LogP contribution in [0.3, 0.4) is 0 Å². The van der Waals surface area contributed by atoms with E-state index < -0.39 is 5.97 Å². The van der Waals surface area contributed by atoms with Crippen molar-refractivity contribution in [1.29, 1.82) is 0 Å². The lowest BCUT2D eigenvalue weighted by Gasteiger charge is -2.07. The molecule has 1 atom stereocenters. The maximum absolute atomic E-state index is 11.1. The topological polar surface area (TPSA) is 64.6 Å². The average Bonchev–Trinajstić information content (AvgIpc) is 2.65. The van der Waals surface area contributed by atoms with E-state index >= 15 is 0 Å². The molecule has 1 heterocycles. The number of methoxy groups -OCH3 is 2. The normalized spacial score (nSPS) is 23.0. The first-order chi connectivity index (χ1) is 6.67. The molecule has 0 unspecified atom stereocenters. The van der Waals surface area contributed by atoms with Crippen LogP contribution in [-0.4, -0.2) is 32.2 Å². The third kappa shape index (κ3) is 2.48. The fraction of sp³-hybridized carbons (Fsp3) is 0.556. The minimum Gasteiger partial charge on any atom is -0.467 e. The van der Waals surface area contributed by atoms with Crippen LogP contribution in [0.4, 0.5) is 0 Å². The Morgan fingerprint density at radius 1 is 1.43 bits per heavy atom. The number of hydrogen-bond donors (Lipinski definition) is 1. The zero-order valence-electron chi connectivity index (χ0n) is 8.20. The Morgan fingerprint density at radius 3 is 2.71 bits per heavy atom. The van der Waals surface area contributed by atoms with Gasteiger partial charge in [0.25, 0.3) is 0 Å². The fourth-order valence-electron chi connectivity index (χ4n) is 1.30. The molecule has 0 radical (unpaired) electrons. The van der Waals surface area contributed by atoms with Gasteiger partial charge in [0.2, 0.25) is 0 Å². The van der Waals surface area contributed by atoms with Gasteiger partial charge < -0.3 is 14.8 Å². The zero-order valence-corrected chi connectivity index (χ0v) is 8.20. The minimum absolute atomic E-state index is 0.307. The second-order valence-corrected chi connectivity index (χ2v) is 2.95. The van der Waals surface area contributed by atoms with Crippen molar-refractivity contribution >= 4 is 11.9 Å². The summed E-state index contributed by atoms with van der Waals surface area (Å²) in [6.07, 6.45) is 2.66. The van der Waals surface area contributed by atoms with Crippen LogP contribution in [0.25, 0.3) is 0 Å². The van der Waals surface area contributed by atoms with E-state index in [2.05, 4.69) is 14.8 Å². The van der Waals surface area contributed by atoms with Crippen molar-refractivity contribution in [2.75, 3.05) is 14.2 Å². The highest BCUT2D eigenvalue weighted by Crippen LogP contribution is 2.16. The predicted molar refractivity (Wildman–Crippen MR) is 48.3 cm³/mol. The number of carbonyl (C=O) groups is 2. The number of hydrogen-bond acceptors (Lipinski definition) is 5. The third-order valence-electron chi connectivity index (χ3n) is 2.04. The average molecular weight is 199 g/mol. The van der Waals surface area contributed by atoms with Crippen molar-refractivity contribution in [1.82, 2.24) is 5.32 Å². The van der Waals surface area contributed by atoms with E-state index in [4.69, 9.17) is 0 Å². The Labute approximate surface area is 82.1 Å². The van der Waals surface area contributed by atoms with Gasteiger partial charge in [0.05, 0.1) is 14.2 Å². The second kappa shape index (κ2) is 4.64. The largest absolute Gasteiger partial charge is 0.467 e. The highest BCUT2D eigenvalue weighted by molar-refractivity contribution is 5.83. The summed E-state index contributed by atoms with van der Waals surface area (Å²) in [7, 11) is 2.65. The zero-order chi connectivity index (χ0) is 10.6. The van der Waals surface area contributed by atoms with Gasteiger partial charge in [-0.25, -0.2) is 9.59 Å². The van der Waals surface area contributed by atoms with E-state index in [0.717, 1.165) is 0 Å². The molecular weight excluding hydrogens is 186 g/mol. The Hall–Kier alpha value is -1.52. The van der Waals surface area contributed by atoms with Crippen molar-refractivity contribution < 1.29 is 19.1 Å². The van der Waals surface area contributed by atoms with Crippen LogP contribution in [0.2, 0.25) is 0 Å². The molecule has 1 fully saturated rings. The summed E-state index contributed by atoms with van der Waals surface area (Å²) in [6, 6.07) is -0.337. The van der Waals surface area contributed by atoms with Gasteiger partial charge in [-0.2, -0.15) is 0 Å². The maximum atomic E-state index is 11.1. The quantitative estimate of drug-likeness (QED) is 0.499.